The van der Waals surface area contributed by atoms with Gasteiger partial charge in [-0.2, -0.15) is 0 Å². The van der Waals surface area contributed by atoms with Gasteiger partial charge in [0.2, 0.25) is 0 Å². The maximum absolute atomic E-state index is 11.4. The minimum absolute atomic E-state index is 0.370. The highest BCUT2D eigenvalue weighted by atomic mass is 32.1. The predicted molar refractivity (Wildman–Crippen MR) is 82.5 cm³/mol. The van der Waals surface area contributed by atoms with Crippen molar-refractivity contribution in [2.24, 2.45) is 5.92 Å². The van der Waals surface area contributed by atoms with Crippen molar-refractivity contribution in [3.63, 3.8) is 0 Å². The molecule has 2 aromatic rings. The first-order chi connectivity index (χ1) is 9.38. The predicted octanol–water partition coefficient (Wildman–Crippen LogP) is 4.32. The number of aryl methyl sites for hydroxylation is 2. The molecule has 20 heavy (non-hydrogen) atoms. The molecular weight excluding hydrogens is 270 g/mol. The first kappa shape index (κ1) is 14.7. The van der Waals surface area contributed by atoms with Crippen LogP contribution in [0, 0.1) is 19.8 Å². The zero-order valence-corrected chi connectivity index (χ0v) is 13.0. The highest BCUT2D eigenvalue weighted by molar-refractivity contribution is 7.17. The molecular formula is C16H19NO2S. The Hall–Kier alpha value is -1.68. The van der Waals surface area contributed by atoms with Crippen LogP contribution in [0.5, 0.6) is 0 Å². The molecule has 1 N–H and O–H groups in total. The Bertz CT molecular complexity index is 644. The summed E-state index contributed by atoms with van der Waals surface area (Å²) in [5.74, 6) is -0.489. The van der Waals surface area contributed by atoms with Crippen LogP contribution < -0.4 is 0 Å². The van der Waals surface area contributed by atoms with E-state index in [2.05, 4.69) is 37.0 Å². The minimum atomic E-state index is -0.880. The molecule has 0 bridgehead atoms. The van der Waals surface area contributed by atoms with Crippen LogP contribution in [0.15, 0.2) is 18.2 Å². The number of hydrogen-bond donors (Lipinski definition) is 1. The SMILES string of the molecule is Cc1ccc(C)c(-c2nc(CC(C)C)c(C(=O)O)s2)c1. The molecule has 0 aliphatic rings. The molecule has 1 aromatic carbocycles. The Labute approximate surface area is 123 Å². The molecule has 0 unspecified atom stereocenters. The fourth-order valence-corrected chi connectivity index (χ4v) is 3.14. The maximum atomic E-state index is 11.4. The molecule has 3 nitrogen and oxygen atoms in total. The Morgan fingerprint density at radius 1 is 1.35 bits per heavy atom. The maximum Gasteiger partial charge on any atom is 0.347 e. The lowest BCUT2D eigenvalue weighted by molar-refractivity contribution is 0.0700. The summed E-state index contributed by atoms with van der Waals surface area (Å²) in [7, 11) is 0. The van der Waals surface area contributed by atoms with Crippen molar-refractivity contribution in [3.05, 3.63) is 39.9 Å². The highest BCUT2D eigenvalue weighted by Gasteiger charge is 2.19. The fraction of sp³-hybridized carbons (Fsp3) is 0.375. The summed E-state index contributed by atoms with van der Waals surface area (Å²) in [6.07, 6.45) is 0.697. The second kappa shape index (κ2) is 5.75. The van der Waals surface area contributed by atoms with Gasteiger partial charge in [0, 0.05) is 5.56 Å². The van der Waals surface area contributed by atoms with E-state index in [9.17, 15) is 9.90 Å². The van der Waals surface area contributed by atoms with Gasteiger partial charge in [0.15, 0.2) is 0 Å². The van der Waals surface area contributed by atoms with Gasteiger partial charge in [-0.25, -0.2) is 9.78 Å². The molecule has 0 radical (unpaired) electrons. The number of aromatic nitrogens is 1. The molecule has 2 rings (SSSR count). The second-order valence-electron chi connectivity index (χ2n) is 5.52. The van der Waals surface area contributed by atoms with Crippen LogP contribution in [0.1, 0.15) is 40.3 Å². The molecule has 106 valence electrons. The van der Waals surface area contributed by atoms with E-state index >= 15 is 0 Å². The van der Waals surface area contributed by atoms with Gasteiger partial charge in [0.25, 0.3) is 0 Å². The van der Waals surface area contributed by atoms with E-state index in [1.165, 1.54) is 11.3 Å². The average Bonchev–Trinajstić information content (AvgIpc) is 2.75. The van der Waals surface area contributed by atoms with Crippen LogP contribution in [0.3, 0.4) is 0 Å². The third-order valence-corrected chi connectivity index (χ3v) is 4.24. The average molecular weight is 289 g/mol. The first-order valence-electron chi connectivity index (χ1n) is 6.69. The van der Waals surface area contributed by atoms with Gasteiger partial charge in [-0.15, -0.1) is 11.3 Å². The largest absolute Gasteiger partial charge is 0.477 e. The molecule has 4 heteroatoms. The van der Waals surface area contributed by atoms with Crippen molar-refractivity contribution in [3.8, 4) is 10.6 Å². The number of carbonyl (C=O) groups is 1. The van der Waals surface area contributed by atoms with E-state index in [-0.39, 0.29) is 0 Å². The number of hydrogen-bond acceptors (Lipinski definition) is 3. The van der Waals surface area contributed by atoms with Crippen LogP contribution in [-0.2, 0) is 6.42 Å². The molecule has 0 fully saturated rings. The van der Waals surface area contributed by atoms with E-state index in [1.54, 1.807) is 0 Å². The van der Waals surface area contributed by atoms with Crippen molar-refractivity contribution in [2.45, 2.75) is 34.1 Å². The quantitative estimate of drug-likeness (QED) is 0.911. The molecule has 0 aliphatic heterocycles. The van der Waals surface area contributed by atoms with Crippen molar-refractivity contribution in [1.82, 2.24) is 4.98 Å². The van der Waals surface area contributed by atoms with Crippen LogP contribution in [0.2, 0.25) is 0 Å². The third-order valence-electron chi connectivity index (χ3n) is 3.12. The van der Waals surface area contributed by atoms with E-state index in [0.717, 1.165) is 21.7 Å². The van der Waals surface area contributed by atoms with E-state index in [0.29, 0.717) is 22.9 Å². The zero-order valence-electron chi connectivity index (χ0n) is 12.2. The van der Waals surface area contributed by atoms with Gasteiger partial charge in [0.1, 0.15) is 9.88 Å². The molecule has 0 saturated heterocycles. The molecule has 0 atom stereocenters. The molecule has 0 aliphatic carbocycles. The van der Waals surface area contributed by atoms with Crippen LogP contribution in [-0.4, -0.2) is 16.1 Å². The van der Waals surface area contributed by atoms with Crippen LogP contribution >= 0.6 is 11.3 Å². The topological polar surface area (TPSA) is 50.2 Å². The van der Waals surface area contributed by atoms with Crippen molar-refractivity contribution < 1.29 is 9.90 Å². The zero-order chi connectivity index (χ0) is 14.9. The lowest BCUT2D eigenvalue weighted by Gasteiger charge is -2.03. The lowest BCUT2D eigenvalue weighted by atomic mass is 10.1. The Kier molecular flexibility index (Phi) is 4.23. The number of benzene rings is 1. The van der Waals surface area contributed by atoms with Crippen LogP contribution in [0.25, 0.3) is 10.6 Å². The minimum Gasteiger partial charge on any atom is -0.477 e. The Morgan fingerprint density at radius 3 is 2.65 bits per heavy atom. The van der Waals surface area contributed by atoms with Gasteiger partial charge in [0.05, 0.1) is 5.69 Å². The van der Waals surface area contributed by atoms with Gasteiger partial charge < -0.3 is 5.11 Å². The summed E-state index contributed by atoms with van der Waals surface area (Å²) in [6.45, 7) is 8.20. The Morgan fingerprint density at radius 2 is 2.05 bits per heavy atom. The highest BCUT2D eigenvalue weighted by Crippen LogP contribution is 2.32. The summed E-state index contributed by atoms with van der Waals surface area (Å²) in [5, 5.41) is 10.1. The third kappa shape index (κ3) is 3.07. The molecule has 1 heterocycles. The number of nitrogens with zero attached hydrogens (tertiary/aromatic N) is 1. The second-order valence-corrected chi connectivity index (χ2v) is 6.52. The smallest absolute Gasteiger partial charge is 0.347 e. The molecule has 0 spiro atoms. The summed E-state index contributed by atoms with van der Waals surface area (Å²) in [4.78, 5) is 16.3. The fourth-order valence-electron chi connectivity index (χ4n) is 2.13. The number of rotatable bonds is 4. The van der Waals surface area contributed by atoms with E-state index in [1.807, 2.05) is 13.8 Å². The van der Waals surface area contributed by atoms with Crippen molar-refractivity contribution >= 4 is 17.3 Å². The number of aromatic carboxylic acids is 1. The number of carboxylic acid groups (broad SMARTS) is 1. The van der Waals surface area contributed by atoms with Gasteiger partial charge >= 0.3 is 5.97 Å². The van der Waals surface area contributed by atoms with Gasteiger partial charge in [-0.05, 0) is 37.8 Å². The van der Waals surface area contributed by atoms with Gasteiger partial charge in [-0.3, -0.25) is 0 Å². The normalized spacial score (nSPS) is 11.1. The van der Waals surface area contributed by atoms with Crippen LogP contribution in [0.4, 0.5) is 0 Å². The Balaban J connectivity index is 2.52. The molecule has 1 aromatic heterocycles. The first-order valence-corrected chi connectivity index (χ1v) is 7.50. The van der Waals surface area contributed by atoms with Crippen molar-refractivity contribution in [1.29, 1.82) is 0 Å². The summed E-state index contributed by atoms with van der Waals surface area (Å²) >= 11 is 1.27. The van der Waals surface area contributed by atoms with Crippen molar-refractivity contribution in [2.75, 3.05) is 0 Å². The standard InChI is InChI=1S/C16H19NO2S/c1-9(2)7-13-14(16(18)19)20-15(17-13)12-8-10(3)5-6-11(12)4/h5-6,8-9H,7H2,1-4H3,(H,18,19). The molecule has 0 saturated carbocycles. The number of thiazole rings is 1. The van der Waals surface area contributed by atoms with Gasteiger partial charge in [-0.1, -0.05) is 31.5 Å². The summed E-state index contributed by atoms with van der Waals surface area (Å²) in [5.41, 5.74) is 4.02. The number of carboxylic acids is 1. The van der Waals surface area contributed by atoms with E-state index in [4.69, 9.17) is 0 Å². The lowest BCUT2D eigenvalue weighted by Crippen LogP contribution is -2.02. The van der Waals surface area contributed by atoms with E-state index < -0.39 is 5.97 Å². The monoisotopic (exact) mass is 289 g/mol. The summed E-state index contributed by atoms with van der Waals surface area (Å²) in [6, 6.07) is 6.17. The summed E-state index contributed by atoms with van der Waals surface area (Å²) < 4.78 is 0. The molecule has 0 amide bonds.